The monoisotopic (exact) mass is 335 g/mol. The summed E-state index contributed by atoms with van der Waals surface area (Å²) < 4.78 is 5.61. The SMILES string of the molecule is O=C1NC(CCc2ccccc2)C(=O)N1Cc1nc2ccccc2o1. The second-order valence-corrected chi connectivity index (χ2v) is 6.03. The molecule has 6 heteroatoms. The summed E-state index contributed by atoms with van der Waals surface area (Å²) in [5.74, 6) is 0.122. The largest absolute Gasteiger partial charge is 0.439 e. The van der Waals surface area contributed by atoms with E-state index < -0.39 is 12.1 Å². The van der Waals surface area contributed by atoms with Crippen LogP contribution in [0.4, 0.5) is 4.79 Å². The summed E-state index contributed by atoms with van der Waals surface area (Å²) in [6.45, 7) is 0.0428. The van der Waals surface area contributed by atoms with Crippen LogP contribution in [0.1, 0.15) is 17.9 Å². The molecule has 1 saturated heterocycles. The van der Waals surface area contributed by atoms with E-state index in [0.717, 1.165) is 12.0 Å². The van der Waals surface area contributed by atoms with Gasteiger partial charge in [-0.25, -0.2) is 9.78 Å². The van der Waals surface area contributed by atoms with Gasteiger partial charge in [0, 0.05) is 0 Å². The molecule has 1 N–H and O–H groups in total. The molecule has 1 aliphatic rings. The standard InChI is InChI=1S/C19H17N3O3/c23-18-15(11-10-13-6-2-1-3-7-13)21-19(24)22(18)12-17-20-14-8-4-5-9-16(14)25-17/h1-9,15H,10-12H2,(H,21,24). The van der Waals surface area contributed by atoms with Gasteiger partial charge in [-0.05, 0) is 30.5 Å². The topological polar surface area (TPSA) is 75.4 Å². The van der Waals surface area contributed by atoms with Crippen molar-refractivity contribution in [2.45, 2.75) is 25.4 Å². The van der Waals surface area contributed by atoms with E-state index >= 15 is 0 Å². The number of oxazole rings is 1. The van der Waals surface area contributed by atoms with Crippen LogP contribution in [-0.2, 0) is 17.8 Å². The highest BCUT2D eigenvalue weighted by molar-refractivity contribution is 6.04. The highest BCUT2D eigenvalue weighted by Crippen LogP contribution is 2.19. The van der Waals surface area contributed by atoms with E-state index in [1.165, 1.54) is 4.90 Å². The van der Waals surface area contributed by atoms with E-state index in [9.17, 15) is 9.59 Å². The lowest BCUT2D eigenvalue weighted by molar-refractivity contribution is -0.128. The van der Waals surface area contributed by atoms with Crippen molar-refractivity contribution in [1.82, 2.24) is 15.2 Å². The molecule has 1 atom stereocenters. The summed E-state index contributed by atoms with van der Waals surface area (Å²) in [6, 6.07) is 16.3. The van der Waals surface area contributed by atoms with Gasteiger partial charge in [0.15, 0.2) is 5.58 Å². The molecule has 4 rings (SSSR count). The molecule has 0 aliphatic carbocycles. The molecule has 0 spiro atoms. The van der Waals surface area contributed by atoms with Crippen LogP contribution in [0.5, 0.6) is 0 Å². The van der Waals surface area contributed by atoms with E-state index in [4.69, 9.17) is 4.42 Å². The molecule has 1 unspecified atom stereocenters. The molecule has 25 heavy (non-hydrogen) atoms. The third kappa shape index (κ3) is 3.10. The van der Waals surface area contributed by atoms with Crippen molar-refractivity contribution in [2.75, 3.05) is 0 Å². The molecule has 6 nitrogen and oxygen atoms in total. The van der Waals surface area contributed by atoms with Crippen LogP contribution in [0.25, 0.3) is 11.1 Å². The summed E-state index contributed by atoms with van der Waals surface area (Å²) in [4.78, 5) is 30.2. The number of imide groups is 1. The first-order chi connectivity index (χ1) is 12.2. The molecule has 1 fully saturated rings. The number of urea groups is 1. The van der Waals surface area contributed by atoms with E-state index in [-0.39, 0.29) is 12.5 Å². The number of fused-ring (bicyclic) bond motifs is 1. The van der Waals surface area contributed by atoms with Crippen LogP contribution < -0.4 is 5.32 Å². The first kappa shape index (κ1) is 15.4. The molecule has 2 heterocycles. The maximum atomic E-state index is 12.5. The number of aryl methyl sites for hydroxylation is 1. The zero-order chi connectivity index (χ0) is 17.2. The number of nitrogens with zero attached hydrogens (tertiary/aromatic N) is 2. The van der Waals surface area contributed by atoms with Gasteiger partial charge in [-0.15, -0.1) is 0 Å². The van der Waals surface area contributed by atoms with E-state index in [0.29, 0.717) is 23.4 Å². The Balaban J connectivity index is 1.43. The highest BCUT2D eigenvalue weighted by Gasteiger charge is 2.38. The van der Waals surface area contributed by atoms with Crippen LogP contribution >= 0.6 is 0 Å². The van der Waals surface area contributed by atoms with Crippen molar-refractivity contribution < 1.29 is 14.0 Å². The Labute approximate surface area is 144 Å². The van der Waals surface area contributed by atoms with Crippen molar-refractivity contribution in [1.29, 1.82) is 0 Å². The Bertz CT molecular complexity index is 887. The lowest BCUT2D eigenvalue weighted by atomic mass is 10.1. The van der Waals surface area contributed by atoms with Crippen LogP contribution in [0.2, 0.25) is 0 Å². The molecule has 1 aromatic heterocycles. The Morgan fingerprint density at radius 1 is 1.04 bits per heavy atom. The molecular weight excluding hydrogens is 318 g/mol. The van der Waals surface area contributed by atoms with Crippen molar-refractivity contribution in [2.24, 2.45) is 0 Å². The number of aromatic nitrogens is 1. The summed E-state index contributed by atoms with van der Waals surface area (Å²) in [7, 11) is 0. The fraction of sp³-hybridized carbons (Fsp3) is 0.211. The first-order valence-electron chi connectivity index (χ1n) is 8.21. The first-order valence-corrected chi connectivity index (χ1v) is 8.21. The van der Waals surface area contributed by atoms with Crippen molar-refractivity contribution in [3.63, 3.8) is 0 Å². The smallest absolute Gasteiger partial charge is 0.325 e. The fourth-order valence-electron chi connectivity index (χ4n) is 3.00. The normalized spacial score (nSPS) is 17.3. The maximum absolute atomic E-state index is 12.5. The zero-order valence-corrected chi connectivity index (χ0v) is 13.5. The van der Waals surface area contributed by atoms with Gasteiger partial charge in [0.1, 0.15) is 18.1 Å². The van der Waals surface area contributed by atoms with Gasteiger partial charge in [-0.2, -0.15) is 0 Å². The molecule has 1 aliphatic heterocycles. The predicted octanol–water partition coefficient (Wildman–Crippen LogP) is 2.88. The Hall–Kier alpha value is -3.15. The molecule has 2 aromatic carbocycles. The molecule has 3 aromatic rings. The van der Waals surface area contributed by atoms with E-state index in [2.05, 4.69) is 10.3 Å². The minimum Gasteiger partial charge on any atom is -0.439 e. The molecule has 0 radical (unpaired) electrons. The van der Waals surface area contributed by atoms with Gasteiger partial charge >= 0.3 is 6.03 Å². The third-order valence-corrected chi connectivity index (χ3v) is 4.30. The second-order valence-electron chi connectivity index (χ2n) is 6.03. The Morgan fingerprint density at radius 2 is 1.80 bits per heavy atom. The number of nitrogens with one attached hydrogen (secondary N) is 1. The van der Waals surface area contributed by atoms with Gasteiger partial charge in [0.2, 0.25) is 5.89 Å². The Kier molecular flexibility index (Phi) is 3.93. The molecule has 0 saturated carbocycles. The van der Waals surface area contributed by atoms with Gasteiger partial charge in [-0.1, -0.05) is 42.5 Å². The van der Waals surface area contributed by atoms with Crippen LogP contribution in [0.15, 0.2) is 59.0 Å². The molecule has 126 valence electrons. The molecular formula is C19H17N3O3. The van der Waals surface area contributed by atoms with E-state index in [1.807, 2.05) is 48.5 Å². The summed E-state index contributed by atoms with van der Waals surface area (Å²) in [5, 5.41) is 2.75. The average Bonchev–Trinajstić information content (AvgIpc) is 3.16. The lowest BCUT2D eigenvalue weighted by Crippen LogP contribution is -2.31. The van der Waals surface area contributed by atoms with Crippen LogP contribution in [-0.4, -0.2) is 27.9 Å². The van der Waals surface area contributed by atoms with Crippen LogP contribution in [0.3, 0.4) is 0 Å². The number of benzene rings is 2. The number of amides is 3. The number of carbonyl (C=O) groups excluding carboxylic acids is 2. The zero-order valence-electron chi connectivity index (χ0n) is 13.5. The van der Waals surface area contributed by atoms with Crippen molar-refractivity contribution >= 4 is 23.0 Å². The van der Waals surface area contributed by atoms with Gasteiger partial charge < -0.3 is 9.73 Å². The van der Waals surface area contributed by atoms with Crippen molar-refractivity contribution in [3.05, 3.63) is 66.1 Å². The second kappa shape index (κ2) is 6.39. The fourth-order valence-corrected chi connectivity index (χ4v) is 3.00. The summed E-state index contributed by atoms with van der Waals surface area (Å²) in [5.41, 5.74) is 2.50. The minimum atomic E-state index is -0.503. The highest BCUT2D eigenvalue weighted by atomic mass is 16.3. The predicted molar refractivity (Wildman–Crippen MR) is 91.6 cm³/mol. The quantitative estimate of drug-likeness (QED) is 0.728. The maximum Gasteiger partial charge on any atom is 0.325 e. The number of carbonyl (C=O) groups is 2. The van der Waals surface area contributed by atoms with Gasteiger partial charge in [0.25, 0.3) is 5.91 Å². The molecule has 0 bridgehead atoms. The third-order valence-electron chi connectivity index (χ3n) is 4.30. The number of rotatable bonds is 5. The number of hydrogen-bond acceptors (Lipinski definition) is 4. The van der Waals surface area contributed by atoms with Gasteiger partial charge in [0.05, 0.1) is 0 Å². The van der Waals surface area contributed by atoms with Crippen LogP contribution in [0, 0.1) is 0 Å². The number of hydrogen-bond donors (Lipinski definition) is 1. The summed E-state index contributed by atoms with van der Waals surface area (Å²) >= 11 is 0. The minimum absolute atomic E-state index is 0.0428. The average molecular weight is 335 g/mol. The van der Waals surface area contributed by atoms with Crippen molar-refractivity contribution in [3.8, 4) is 0 Å². The summed E-state index contributed by atoms with van der Waals surface area (Å²) in [6.07, 6.45) is 1.30. The lowest BCUT2D eigenvalue weighted by Gasteiger charge is -2.10. The van der Waals surface area contributed by atoms with Gasteiger partial charge in [-0.3, -0.25) is 9.69 Å². The molecule has 3 amide bonds. The number of para-hydroxylation sites is 2. The Morgan fingerprint density at radius 3 is 2.60 bits per heavy atom. The van der Waals surface area contributed by atoms with E-state index in [1.54, 1.807) is 6.07 Å².